The number of hydrogen-bond donors (Lipinski definition) is 0. The van der Waals surface area contributed by atoms with Crippen molar-refractivity contribution in [2.75, 3.05) is 13.1 Å². The largest absolute Gasteiger partial charge is 0.324 e. The number of piperidine rings is 1. The highest BCUT2D eigenvalue weighted by Gasteiger charge is 2.35. The summed E-state index contributed by atoms with van der Waals surface area (Å²) in [4.78, 5) is 18.2. The van der Waals surface area contributed by atoms with Crippen LogP contribution in [0.3, 0.4) is 0 Å². The van der Waals surface area contributed by atoms with Gasteiger partial charge in [0, 0.05) is 24.0 Å². The Kier molecular flexibility index (Phi) is 3.78. The summed E-state index contributed by atoms with van der Waals surface area (Å²) in [7, 11) is 0. The number of carbonyl (C=O) groups is 1. The van der Waals surface area contributed by atoms with Crippen LogP contribution >= 0.6 is 11.3 Å². The molecule has 0 bridgehead atoms. The van der Waals surface area contributed by atoms with Crippen LogP contribution in [-0.2, 0) is 6.54 Å². The van der Waals surface area contributed by atoms with Crippen LogP contribution in [0.1, 0.15) is 37.5 Å². The molecule has 4 heteroatoms. The number of nitrogens with zero attached hydrogens (tertiary/aromatic N) is 2. The molecule has 2 aliphatic rings. The van der Waals surface area contributed by atoms with Crippen molar-refractivity contribution in [2.24, 2.45) is 5.92 Å². The first kappa shape index (κ1) is 13.0. The van der Waals surface area contributed by atoms with Crippen LogP contribution in [0.25, 0.3) is 0 Å². The van der Waals surface area contributed by atoms with Gasteiger partial charge in [-0.2, -0.15) is 0 Å². The highest BCUT2D eigenvalue weighted by atomic mass is 32.1. The van der Waals surface area contributed by atoms with Gasteiger partial charge in [-0.25, -0.2) is 4.79 Å². The Hall–Kier alpha value is -1.03. The van der Waals surface area contributed by atoms with E-state index < -0.39 is 0 Å². The third-order valence-corrected chi connectivity index (χ3v) is 4.93. The summed E-state index contributed by atoms with van der Waals surface area (Å²) in [6.45, 7) is 4.93. The minimum absolute atomic E-state index is 0.266. The highest BCUT2D eigenvalue weighted by Crippen LogP contribution is 2.31. The smallest absolute Gasteiger partial charge is 0.320 e. The van der Waals surface area contributed by atoms with Crippen LogP contribution in [0.4, 0.5) is 4.79 Å². The average molecular weight is 278 g/mol. The maximum absolute atomic E-state index is 12.7. The average Bonchev–Trinajstić information content (AvgIpc) is 3.12. The predicted molar refractivity (Wildman–Crippen MR) is 78.3 cm³/mol. The van der Waals surface area contributed by atoms with Crippen molar-refractivity contribution in [1.82, 2.24) is 9.80 Å². The minimum atomic E-state index is 0.266. The maximum atomic E-state index is 12.7. The zero-order valence-corrected chi connectivity index (χ0v) is 12.4. The minimum Gasteiger partial charge on any atom is -0.324 e. The van der Waals surface area contributed by atoms with Crippen molar-refractivity contribution >= 4 is 17.4 Å². The molecule has 0 radical (unpaired) electrons. The Labute approximate surface area is 119 Å². The number of rotatable bonds is 3. The summed E-state index contributed by atoms with van der Waals surface area (Å²) >= 11 is 1.75. The zero-order valence-electron chi connectivity index (χ0n) is 11.5. The fraction of sp³-hybridized carbons (Fsp3) is 0.667. The predicted octanol–water partition coefficient (Wildman–Crippen LogP) is 3.56. The Morgan fingerprint density at radius 3 is 2.95 bits per heavy atom. The van der Waals surface area contributed by atoms with Gasteiger partial charge in [0.2, 0.25) is 0 Å². The third kappa shape index (κ3) is 3.11. The zero-order chi connectivity index (χ0) is 13.2. The SMILES string of the molecule is CC1CCCN(C(=O)N(Cc2cccs2)C2CC2)C1. The highest BCUT2D eigenvalue weighted by molar-refractivity contribution is 7.09. The molecule has 3 nitrogen and oxygen atoms in total. The van der Waals surface area contributed by atoms with Gasteiger partial charge in [-0.3, -0.25) is 0 Å². The van der Waals surface area contributed by atoms with Crippen LogP contribution in [0.5, 0.6) is 0 Å². The van der Waals surface area contributed by atoms with E-state index >= 15 is 0 Å². The van der Waals surface area contributed by atoms with E-state index in [4.69, 9.17) is 0 Å². The number of hydrogen-bond acceptors (Lipinski definition) is 2. The summed E-state index contributed by atoms with van der Waals surface area (Å²) in [5.41, 5.74) is 0. The lowest BCUT2D eigenvalue weighted by Crippen LogP contribution is -2.47. The molecule has 1 saturated carbocycles. The van der Waals surface area contributed by atoms with Gasteiger partial charge in [0.05, 0.1) is 6.54 Å². The van der Waals surface area contributed by atoms with Crippen molar-refractivity contribution in [3.8, 4) is 0 Å². The number of amides is 2. The quantitative estimate of drug-likeness (QED) is 0.829. The lowest BCUT2D eigenvalue weighted by molar-refractivity contribution is 0.126. The molecule has 19 heavy (non-hydrogen) atoms. The first-order valence-electron chi connectivity index (χ1n) is 7.32. The molecular weight excluding hydrogens is 256 g/mol. The van der Waals surface area contributed by atoms with E-state index in [0.29, 0.717) is 12.0 Å². The van der Waals surface area contributed by atoms with E-state index in [1.807, 2.05) is 0 Å². The van der Waals surface area contributed by atoms with Crippen molar-refractivity contribution in [2.45, 2.75) is 45.2 Å². The molecule has 1 unspecified atom stereocenters. The Bertz CT molecular complexity index is 427. The molecule has 0 aromatic carbocycles. The summed E-state index contributed by atoms with van der Waals surface area (Å²) in [5.74, 6) is 0.653. The molecule has 1 aliphatic carbocycles. The van der Waals surface area contributed by atoms with Gasteiger partial charge in [-0.15, -0.1) is 11.3 Å². The summed E-state index contributed by atoms with van der Waals surface area (Å²) in [5, 5.41) is 2.09. The second-order valence-electron chi connectivity index (χ2n) is 5.91. The Balaban J connectivity index is 1.67. The van der Waals surface area contributed by atoms with Gasteiger partial charge >= 0.3 is 6.03 Å². The van der Waals surface area contributed by atoms with Gasteiger partial charge in [-0.1, -0.05) is 13.0 Å². The molecule has 2 amide bonds. The van der Waals surface area contributed by atoms with E-state index in [9.17, 15) is 4.79 Å². The fourth-order valence-electron chi connectivity index (χ4n) is 2.85. The molecule has 1 aliphatic heterocycles. The molecule has 1 saturated heterocycles. The lowest BCUT2D eigenvalue weighted by atomic mass is 10.0. The molecular formula is C15H22N2OS. The third-order valence-electron chi connectivity index (χ3n) is 4.07. The number of urea groups is 1. The van der Waals surface area contributed by atoms with Crippen molar-refractivity contribution < 1.29 is 4.79 Å². The summed E-state index contributed by atoms with van der Waals surface area (Å²) in [6, 6.07) is 4.96. The van der Waals surface area contributed by atoms with Crippen molar-refractivity contribution in [3.63, 3.8) is 0 Å². The van der Waals surface area contributed by atoms with Gasteiger partial charge in [0.15, 0.2) is 0 Å². The molecule has 1 aromatic rings. The molecule has 2 fully saturated rings. The van der Waals surface area contributed by atoms with Crippen LogP contribution in [-0.4, -0.2) is 35.0 Å². The standard InChI is InChI=1S/C15H22N2OS/c1-12-4-2-8-16(10-12)15(18)17(13-6-7-13)11-14-5-3-9-19-14/h3,5,9,12-13H,2,4,6-8,10-11H2,1H3. The van der Waals surface area contributed by atoms with E-state index in [-0.39, 0.29) is 6.03 Å². The van der Waals surface area contributed by atoms with Gasteiger partial charge in [0.25, 0.3) is 0 Å². The van der Waals surface area contributed by atoms with E-state index in [0.717, 1.165) is 26.1 Å². The van der Waals surface area contributed by atoms with E-state index in [2.05, 4.69) is 34.2 Å². The summed E-state index contributed by atoms with van der Waals surface area (Å²) < 4.78 is 0. The molecule has 0 N–H and O–H groups in total. The normalized spacial score (nSPS) is 23.4. The number of thiophene rings is 1. The lowest BCUT2D eigenvalue weighted by Gasteiger charge is -2.35. The van der Waals surface area contributed by atoms with Gasteiger partial charge < -0.3 is 9.80 Å². The number of carbonyl (C=O) groups excluding carboxylic acids is 1. The van der Waals surface area contributed by atoms with E-state index in [1.54, 1.807) is 11.3 Å². The molecule has 0 spiro atoms. The van der Waals surface area contributed by atoms with Crippen LogP contribution in [0, 0.1) is 5.92 Å². The maximum Gasteiger partial charge on any atom is 0.320 e. The van der Waals surface area contributed by atoms with Crippen LogP contribution in [0.15, 0.2) is 17.5 Å². The van der Waals surface area contributed by atoms with Crippen molar-refractivity contribution in [1.29, 1.82) is 0 Å². The monoisotopic (exact) mass is 278 g/mol. The molecule has 2 heterocycles. The Morgan fingerprint density at radius 2 is 2.32 bits per heavy atom. The van der Waals surface area contributed by atoms with E-state index in [1.165, 1.54) is 24.1 Å². The first-order chi connectivity index (χ1) is 9.24. The first-order valence-corrected chi connectivity index (χ1v) is 8.20. The second-order valence-corrected chi connectivity index (χ2v) is 6.95. The summed E-state index contributed by atoms with van der Waals surface area (Å²) in [6.07, 6.45) is 4.78. The van der Waals surface area contributed by atoms with Crippen molar-refractivity contribution in [3.05, 3.63) is 22.4 Å². The van der Waals surface area contributed by atoms with Crippen LogP contribution < -0.4 is 0 Å². The van der Waals surface area contributed by atoms with Crippen LogP contribution in [0.2, 0.25) is 0 Å². The van der Waals surface area contributed by atoms with Gasteiger partial charge in [0.1, 0.15) is 0 Å². The molecule has 1 aromatic heterocycles. The number of likely N-dealkylation sites (tertiary alicyclic amines) is 1. The topological polar surface area (TPSA) is 23.6 Å². The fourth-order valence-corrected chi connectivity index (χ4v) is 3.56. The molecule has 104 valence electrons. The Morgan fingerprint density at radius 1 is 1.47 bits per heavy atom. The van der Waals surface area contributed by atoms with Gasteiger partial charge in [-0.05, 0) is 43.0 Å². The molecule has 1 atom stereocenters. The molecule has 3 rings (SSSR count). The second kappa shape index (κ2) is 5.53.